The molecule has 6 nitrogen and oxygen atoms in total. The molecule has 0 spiro atoms. The third-order valence-electron chi connectivity index (χ3n) is 4.92. The fourth-order valence-electron chi connectivity index (χ4n) is 3.06. The Morgan fingerprint density at radius 1 is 0.968 bits per heavy atom. The maximum atomic E-state index is 12.6. The summed E-state index contributed by atoms with van der Waals surface area (Å²) < 4.78 is 5.90. The number of phenols is 1. The van der Waals surface area contributed by atoms with E-state index in [0.717, 1.165) is 37.7 Å². The first-order chi connectivity index (χ1) is 15.0. The predicted octanol–water partition coefficient (Wildman–Crippen LogP) is 5.06. The number of hydrogen-bond acceptors (Lipinski definition) is 4. The van der Waals surface area contributed by atoms with Gasteiger partial charge >= 0.3 is 0 Å². The Morgan fingerprint density at radius 2 is 1.71 bits per heavy atom. The molecule has 168 valence electrons. The minimum atomic E-state index is -0.193. The topological polar surface area (TPSA) is 87.7 Å². The molecular weight excluding hydrogens is 392 g/mol. The molecule has 0 fully saturated rings. The highest BCUT2D eigenvalue weighted by molar-refractivity contribution is 5.97. The number of amides is 2. The minimum absolute atomic E-state index is 0.0497. The fraction of sp³-hybridized carbons (Fsp3) is 0.440. The molecule has 2 amide bonds. The van der Waals surface area contributed by atoms with Crippen molar-refractivity contribution in [3.05, 3.63) is 53.6 Å². The lowest BCUT2D eigenvalue weighted by molar-refractivity contribution is -0.116. The van der Waals surface area contributed by atoms with Crippen LogP contribution in [0, 0.1) is 0 Å². The molecule has 0 radical (unpaired) electrons. The Balaban J connectivity index is 2.00. The summed E-state index contributed by atoms with van der Waals surface area (Å²) in [4.78, 5) is 24.8. The summed E-state index contributed by atoms with van der Waals surface area (Å²) in [6.07, 6.45) is 5.99. The number of carbonyl (C=O) groups excluding carboxylic acids is 2. The van der Waals surface area contributed by atoms with Gasteiger partial charge in [0, 0.05) is 18.5 Å². The molecule has 0 saturated carbocycles. The van der Waals surface area contributed by atoms with Gasteiger partial charge in [0.1, 0.15) is 11.5 Å². The molecule has 2 aromatic carbocycles. The summed E-state index contributed by atoms with van der Waals surface area (Å²) in [6.45, 7) is 5.19. The van der Waals surface area contributed by atoms with Gasteiger partial charge < -0.3 is 20.5 Å². The smallest absolute Gasteiger partial charge is 0.251 e. The monoisotopic (exact) mass is 426 g/mol. The highest BCUT2D eigenvalue weighted by Crippen LogP contribution is 2.27. The van der Waals surface area contributed by atoms with E-state index in [1.54, 1.807) is 30.3 Å². The Labute approximate surface area is 185 Å². The molecule has 0 aromatic heterocycles. The molecule has 31 heavy (non-hydrogen) atoms. The van der Waals surface area contributed by atoms with Crippen LogP contribution in [0.3, 0.4) is 0 Å². The van der Waals surface area contributed by atoms with Gasteiger partial charge in [-0.05, 0) is 55.2 Å². The van der Waals surface area contributed by atoms with Crippen LogP contribution in [0.1, 0.15) is 68.3 Å². The Kier molecular flexibility index (Phi) is 10.4. The van der Waals surface area contributed by atoms with E-state index in [1.165, 1.54) is 0 Å². The SMILES string of the molecule is CCCCCOc1cc(C(=O)NCCc2ccc(O)cc2)ccc1NC(=O)CCCC. The van der Waals surface area contributed by atoms with Crippen molar-refractivity contribution < 1.29 is 19.4 Å². The standard InChI is InChI=1S/C25H34N2O4/c1-3-5-7-17-31-23-18-20(11-14-22(23)27-24(29)8-6-4-2)25(30)26-16-15-19-9-12-21(28)13-10-19/h9-14,18,28H,3-8,15-17H2,1-2H3,(H,26,30)(H,27,29). The zero-order valence-electron chi connectivity index (χ0n) is 18.6. The van der Waals surface area contributed by atoms with Gasteiger partial charge in [-0.2, -0.15) is 0 Å². The first kappa shape index (κ1) is 24.3. The van der Waals surface area contributed by atoms with Gasteiger partial charge in [0.15, 0.2) is 0 Å². The number of benzene rings is 2. The number of rotatable bonds is 13. The Bertz CT molecular complexity index is 834. The number of nitrogens with one attached hydrogen (secondary N) is 2. The van der Waals surface area contributed by atoms with Crippen LogP contribution in [0.4, 0.5) is 5.69 Å². The molecule has 0 aliphatic carbocycles. The van der Waals surface area contributed by atoms with Gasteiger partial charge in [-0.3, -0.25) is 9.59 Å². The molecule has 0 aliphatic heterocycles. The summed E-state index contributed by atoms with van der Waals surface area (Å²) in [5.74, 6) is 0.501. The van der Waals surface area contributed by atoms with E-state index in [9.17, 15) is 14.7 Å². The van der Waals surface area contributed by atoms with Gasteiger partial charge in [-0.15, -0.1) is 0 Å². The minimum Gasteiger partial charge on any atom is -0.508 e. The molecule has 2 rings (SSSR count). The number of anilines is 1. The van der Waals surface area contributed by atoms with Crippen LogP contribution in [0.5, 0.6) is 11.5 Å². The molecule has 0 atom stereocenters. The largest absolute Gasteiger partial charge is 0.508 e. The zero-order valence-corrected chi connectivity index (χ0v) is 18.6. The third-order valence-corrected chi connectivity index (χ3v) is 4.92. The molecule has 0 saturated heterocycles. The van der Waals surface area contributed by atoms with E-state index >= 15 is 0 Å². The van der Waals surface area contributed by atoms with E-state index < -0.39 is 0 Å². The van der Waals surface area contributed by atoms with E-state index in [1.807, 2.05) is 19.1 Å². The van der Waals surface area contributed by atoms with Crippen LogP contribution in [0.2, 0.25) is 0 Å². The Morgan fingerprint density at radius 3 is 2.42 bits per heavy atom. The lowest BCUT2D eigenvalue weighted by Gasteiger charge is -2.14. The van der Waals surface area contributed by atoms with Gasteiger partial charge in [0.2, 0.25) is 5.91 Å². The quantitative estimate of drug-likeness (QED) is 0.391. The molecule has 6 heteroatoms. The highest BCUT2D eigenvalue weighted by Gasteiger charge is 2.13. The lowest BCUT2D eigenvalue weighted by Crippen LogP contribution is -2.25. The summed E-state index contributed by atoms with van der Waals surface area (Å²) in [5, 5.41) is 15.2. The third kappa shape index (κ3) is 8.70. The molecular formula is C25H34N2O4. The van der Waals surface area contributed by atoms with Gasteiger partial charge in [-0.25, -0.2) is 0 Å². The average molecular weight is 427 g/mol. The van der Waals surface area contributed by atoms with Crippen molar-refractivity contribution in [2.24, 2.45) is 0 Å². The van der Waals surface area contributed by atoms with E-state index in [4.69, 9.17) is 4.74 Å². The number of aromatic hydroxyl groups is 1. The predicted molar refractivity (Wildman–Crippen MR) is 124 cm³/mol. The molecule has 0 bridgehead atoms. The summed E-state index contributed by atoms with van der Waals surface area (Å²) in [5.41, 5.74) is 2.11. The van der Waals surface area contributed by atoms with E-state index in [2.05, 4.69) is 17.6 Å². The molecule has 0 unspecified atom stereocenters. The lowest BCUT2D eigenvalue weighted by atomic mass is 10.1. The highest BCUT2D eigenvalue weighted by atomic mass is 16.5. The van der Waals surface area contributed by atoms with Gasteiger partial charge in [0.25, 0.3) is 5.91 Å². The van der Waals surface area contributed by atoms with E-state index in [-0.39, 0.29) is 17.6 Å². The van der Waals surface area contributed by atoms with Crippen molar-refractivity contribution in [2.45, 2.75) is 58.8 Å². The molecule has 0 aliphatic rings. The summed E-state index contributed by atoms with van der Waals surface area (Å²) in [7, 11) is 0. The number of unbranched alkanes of at least 4 members (excludes halogenated alkanes) is 3. The zero-order chi connectivity index (χ0) is 22.5. The first-order valence-electron chi connectivity index (χ1n) is 11.2. The number of hydrogen-bond donors (Lipinski definition) is 3. The Hall–Kier alpha value is -3.02. The molecule has 2 aromatic rings. The molecule has 3 N–H and O–H groups in total. The van der Waals surface area contributed by atoms with Crippen LogP contribution >= 0.6 is 0 Å². The van der Waals surface area contributed by atoms with Crippen molar-refractivity contribution in [2.75, 3.05) is 18.5 Å². The summed E-state index contributed by atoms with van der Waals surface area (Å²) >= 11 is 0. The van der Waals surface area contributed by atoms with Crippen LogP contribution < -0.4 is 15.4 Å². The van der Waals surface area contributed by atoms with Crippen LogP contribution in [-0.2, 0) is 11.2 Å². The second kappa shape index (κ2) is 13.3. The second-order valence-corrected chi connectivity index (χ2v) is 7.59. The first-order valence-corrected chi connectivity index (χ1v) is 11.2. The van der Waals surface area contributed by atoms with Gasteiger partial charge in [-0.1, -0.05) is 45.2 Å². The fourth-order valence-corrected chi connectivity index (χ4v) is 3.06. The van der Waals surface area contributed by atoms with Gasteiger partial charge in [0.05, 0.1) is 12.3 Å². The average Bonchev–Trinajstić information content (AvgIpc) is 2.77. The second-order valence-electron chi connectivity index (χ2n) is 7.59. The van der Waals surface area contributed by atoms with Crippen LogP contribution in [0.25, 0.3) is 0 Å². The van der Waals surface area contributed by atoms with Crippen molar-refractivity contribution in [1.29, 1.82) is 0 Å². The molecule has 0 heterocycles. The van der Waals surface area contributed by atoms with Crippen molar-refractivity contribution in [3.63, 3.8) is 0 Å². The maximum Gasteiger partial charge on any atom is 0.251 e. The number of ether oxygens (including phenoxy) is 1. The maximum absolute atomic E-state index is 12.6. The number of carbonyl (C=O) groups is 2. The van der Waals surface area contributed by atoms with Crippen molar-refractivity contribution in [3.8, 4) is 11.5 Å². The van der Waals surface area contributed by atoms with Crippen molar-refractivity contribution >= 4 is 17.5 Å². The van der Waals surface area contributed by atoms with Crippen LogP contribution in [0.15, 0.2) is 42.5 Å². The van der Waals surface area contributed by atoms with E-state index in [0.29, 0.717) is 43.0 Å². The summed E-state index contributed by atoms with van der Waals surface area (Å²) in [6, 6.07) is 12.1. The van der Waals surface area contributed by atoms with Crippen molar-refractivity contribution in [1.82, 2.24) is 5.32 Å². The normalized spacial score (nSPS) is 10.5. The van der Waals surface area contributed by atoms with Crippen LogP contribution in [-0.4, -0.2) is 30.1 Å². The number of phenolic OH excluding ortho intramolecular Hbond substituents is 1.